The molecule has 0 bridgehead atoms. The maximum atomic E-state index is 5.67. The lowest BCUT2D eigenvalue weighted by Crippen LogP contribution is -2.21. The fourth-order valence-corrected chi connectivity index (χ4v) is 1.55. The molecule has 0 amide bonds. The van der Waals surface area contributed by atoms with E-state index in [1.54, 1.807) is 0 Å². The van der Waals surface area contributed by atoms with Crippen LogP contribution in [0.1, 0.15) is 32.3 Å². The molecule has 1 aromatic rings. The topological polar surface area (TPSA) is 21.3 Å². The van der Waals surface area contributed by atoms with Gasteiger partial charge in [-0.1, -0.05) is 19.1 Å². The number of ether oxygens (including phenoxy) is 1. The van der Waals surface area contributed by atoms with E-state index in [0.717, 1.165) is 31.6 Å². The van der Waals surface area contributed by atoms with Crippen LogP contribution in [0.15, 0.2) is 24.3 Å². The van der Waals surface area contributed by atoms with Gasteiger partial charge in [0.05, 0.1) is 6.61 Å². The molecular formula is C14H23NO. The Balaban J connectivity index is 2.21. The molecule has 16 heavy (non-hydrogen) atoms. The number of hydrogen-bond acceptors (Lipinski definition) is 2. The van der Waals surface area contributed by atoms with Crippen LogP contribution >= 0.6 is 0 Å². The molecule has 0 aliphatic carbocycles. The minimum atomic E-state index is 0.575. The van der Waals surface area contributed by atoms with Gasteiger partial charge in [-0.2, -0.15) is 0 Å². The van der Waals surface area contributed by atoms with Crippen LogP contribution in [0, 0.1) is 0 Å². The van der Waals surface area contributed by atoms with Crippen molar-refractivity contribution in [1.82, 2.24) is 5.32 Å². The molecule has 1 atom stereocenters. The minimum absolute atomic E-state index is 0.575. The standard InChI is InChI=1S/C14H23NO/c1-4-13-7-9-14(10-8-13)16-11-5-6-12(2)15-3/h7-10,12,15H,4-6,11H2,1-3H3. The van der Waals surface area contributed by atoms with E-state index in [0.29, 0.717) is 6.04 Å². The van der Waals surface area contributed by atoms with Crippen LogP contribution in [0.3, 0.4) is 0 Å². The van der Waals surface area contributed by atoms with E-state index in [9.17, 15) is 0 Å². The Bertz CT molecular complexity index is 281. The molecule has 0 saturated carbocycles. The third-order valence-corrected chi connectivity index (χ3v) is 2.87. The van der Waals surface area contributed by atoms with E-state index in [2.05, 4.69) is 43.4 Å². The molecule has 0 spiro atoms. The fraction of sp³-hybridized carbons (Fsp3) is 0.571. The van der Waals surface area contributed by atoms with Crippen molar-refractivity contribution in [2.75, 3.05) is 13.7 Å². The van der Waals surface area contributed by atoms with Gasteiger partial charge < -0.3 is 10.1 Å². The molecule has 90 valence electrons. The van der Waals surface area contributed by atoms with Gasteiger partial charge in [0.15, 0.2) is 0 Å². The van der Waals surface area contributed by atoms with E-state index in [1.165, 1.54) is 5.56 Å². The molecule has 0 radical (unpaired) electrons. The minimum Gasteiger partial charge on any atom is -0.494 e. The van der Waals surface area contributed by atoms with Gasteiger partial charge >= 0.3 is 0 Å². The van der Waals surface area contributed by atoms with Crippen molar-refractivity contribution in [3.8, 4) is 5.75 Å². The largest absolute Gasteiger partial charge is 0.494 e. The van der Waals surface area contributed by atoms with Crippen molar-refractivity contribution >= 4 is 0 Å². The lowest BCUT2D eigenvalue weighted by Gasteiger charge is -2.10. The van der Waals surface area contributed by atoms with E-state index >= 15 is 0 Å². The van der Waals surface area contributed by atoms with E-state index in [1.807, 2.05) is 7.05 Å². The molecule has 0 aromatic heterocycles. The monoisotopic (exact) mass is 221 g/mol. The highest BCUT2D eigenvalue weighted by atomic mass is 16.5. The Morgan fingerprint density at radius 2 is 1.94 bits per heavy atom. The zero-order valence-corrected chi connectivity index (χ0v) is 10.6. The van der Waals surface area contributed by atoms with Gasteiger partial charge in [-0.15, -0.1) is 0 Å². The molecule has 1 unspecified atom stereocenters. The highest BCUT2D eigenvalue weighted by Crippen LogP contribution is 2.13. The van der Waals surface area contributed by atoms with Gasteiger partial charge in [-0.3, -0.25) is 0 Å². The molecule has 2 nitrogen and oxygen atoms in total. The van der Waals surface area contributed by atoms with Crippen molar-refractivity contribution in [3.05, 3.63) is 29.8 Å². The third kappa shape index (κ3) is 4.67. The van der Waals surface area contributed by atoms with Gasteiger partial charge in [-0.25, -0.2) is 0 Å². The Kier molecular flexibility index (Phi) is 5.94. The van der Waals surface area contributed by atoms with Crippen molar-refractivity contribution in [2.24, 2.45) is 0 Å². The van der Waals surface area contributed by atoms with Gasteiger partial charge in [-0.05, 0) is 50.9 Å². The first-order chi connectivity index (χ1) is 7.76. The van der Waals surface area contributed by atoms with Crippen LogP contribution in [0.25, 0.3) is 0 Å². The van der Waals surface area contributed by atoms with Gasteiger partial charge in [0.25, 0.3) is 0 Å². The summed E-state index contributed by atoms with van der Waals surface area (Å²) >= 11 is 0. The van der Waals surface area contributed by atoms with Crippen LogP contribution < -0.4 is 10.1 Å². The molecule has 0 aliphatic heterocycles. The Morgan fingerprint density at radius 1 is 1.25 bits per heavy atom. The first-order valence-corrected chi connectivity index (χ1v) is 6.15. The number of nitrogens with one attached hydrogen (secondary N) is 1. The Morgan fingerprint density at radius 3 is 2.50 bits per heavy atom. The van der Waals surface area contributed by atoms with E-state index in [4.69, 9.17) is 4.74 Å². The first-order valence-electron chi connectivity index (χ1n) is 6.15. The van der Waals surface area contributed by atoms with Crippen molar-refractivity contribution in [2.45, 2.75) is 39.2 Å². The molecule has 2 heteroatoms. The van der Waals surface area contributed by atoms with Crippen molar-refractivity contribution in [1.29, 1.82) is 0 Å². The van der Waals surface area contributed by atoms with E-state index in [-0.39, 0.29) is 0 Å². The van der Waals surface area contributed by atoms with Crippen LogP contribution in [0.4, 0.5) is 0 Å². The van der Waals surface area contributed by atoms with Crippen LogP contribution in [-0.4, -0.2) is 19.7 Å². The highest BCUT2D eigenvalue weighted by Gasteiger charge is 1.98. The summed E-state index contributed by atoms with van der Waals surface area (Å²) in [7, 11) is 2.00. The quantitative estimate of drug-likeness (QED) is 0.715. The molecule has 1 rings (SSSR count). The summed E-state index contributed by atoms with van der Waals surface area (Å²) < 4.78 is 5.67. The summed E-state index contributed by atoms with van der Waals surface area (Å²) in [5.41, 5.74) is 1.36. The second-order valence-corrected chi connectivity index (χ2v) is 4.18. The molecule has 0 saturated heterocycles. The highest BCUT2D eigenvalue weighted by molar-refractivity contribution is 5.27. The molecular weight excluding hydrogens is 198 g/mol. The lowest BCUT2D eigenvalue weighted by molar-refractivity contribution is 0.299. The maximum Gasteiger partial charge on any atom is 0.119 e. The Labute approximate surface area is 99.0 Å². The summed E-state index contributed by atoms with van der Waals surface area (Å²) in [6.45, 7) is 5.16. The predicted molar refractivity (Wildman–Crippen MR) is 69.1 cm³/mol. The van der Waals surface area contributed by atoms with Gasteiger partial charge in [0, 0.05) is 6.04 Å². The zero-order chi connectivity index (χ0) is 11.8. The number of benzene rings is 1. The smallest absolute Gasteiger partial charge is 0.119 e. The zero-order valence-electron chi connectivity index (χ0n) is 10.6. The molecule has 0 aliphatic rings. The second kappa shape index (κ2) is 7.29. The van der Waals surface area contributed by atoms with Crippen molar-refractivity contribution < 1.29 is 4.74 Å². The average molecular weight is 221 g/mol. The summed E-state index contributed by atoms with van der Waals surface area (Å²) in [5.74, 6) is 0.981. The van der Waals surface area contributed by atoms with Gasteiger partial charge in [0.2, 0.25) is 0 Å². The summed E-state index contributed by atoms with van der Waals surface area (Å²) in [4.78, 5) is 0. The summed E-state index contributed by atoms with van der Waals surface area (Å²) in [6.07, 6.45) is 3.33. The van der Waals surface area contributed by atoms with Crippen LogP contribution in [-0.2, 0) is 6.42 Å². The summed E-state index contributed by atoms with van der Waals surface area (Å²) in [5, 5.41) is 3.22. The van der Waals surface area contributed by atoms with E-state index < -0.39 is 0 Å². The van der Waals surface area contributed by atoms with Crippen molar-refractivity contribution in [3.63, 3.8) is 0 Å². The SMILES string of the molecule is CCc1ccc(OCCCC(C)NC)cc1. The van der Waals surface area contributed by atoms with Crippen LogP contribution in [0.2, 0.25) is 0 Å². The Hall–Kier alpha value is -1.02. The van der Waals surface area contributed by atoms with Crippen LogP contribution in [0.5, 0.6) is 5.75 Å². The molecule has 0 fully saturated rings. The fourth-order valence-electron chi connectivity index (χ4n) is 1.55. The number of hydrogen-bond donors (Lipinski definition) is 1. The third-order valence-electron chi connectivity index (χ3n) is 2.87. The predicted octanol–water partition coefficient (Wildman–Crippen LogP) is 3.02. The summed E-state index contributed by atoms with van der Waals surface area (Å²) in [6, 6.07) is 8.95. The second-order valence-electron chi connectivity index (χ2n) is 4.18. The lowest BCUT2D eigenvalue weighted by atomic mass is 10.2. The maximum absolute atomic E-state index is 5.67. The normalized spacial score (nSPS) is 12.4. The molecule has 1 N–H and O–H groups in total. The first kappa shape index (κ1) is 13.0. The molecule has 0 heterocycles. The molecule has 1 aromatic carbocycles. The van der Waals surface area contributed by atoms with Gasteiger partial charge in [0.1, 0.15) is 5.75 Å². The average Bonchev–Trinajstić information content (AvgIpc) is 2.35. The number of rotatable bonds is 7. The number of aryl methyl sites for hydroxylation is 1.